The summed E-state index contributed by atoms with van der Waals surface area (Å²) in [4.78, 5) is 16.3. The van der Waals surface area contributed by atoms with Crippen molar-refractivity contribution in [2.75, 3.05) is 24.2 Å². The lowest BCUT2D eigenvalue weighted by Gasteiger charge is -2.26. The van der Waals surface area contributed by atoms with E-state index in [2.05, 4.69) is 34.3 Å². The predicted octanol–water partition coefficient (Wildman–Crippen LogP) is 4.41. The zero-order valence-corrected chi connectivity index (χ0v) is 15.2. The van der Waals surface area contributed by atoms with Gasteiger partial charge in [0.05, 0.1) is 5.52 Å². The largest absolute Gasteiger partial charge is 0.355 e. The summed E-state index contributed by atoms with van der Waals surface area (Å²) in [6.45, 7) is 2.12. The second-order valence-electron chi connectivity index (χ2n) is 6.42. The molecule has 1 unspecified atom stereocenters. The van der Waals surface area contributed by atoms with E-state index in [9.17, 15) is 0 Å². The zero-order chi connectivity index (χ0) is 17.1. The van der Waals surface area contributed by atoms with Crippen molar-refractivity contribution < 1.29 is 0 Å². The van der Waals surface area contributed by atoms with Crippen LogP contribution < -0.4 is 4.90 Å². The van der Waals surface area contributed by atoms with Gasteiger partial charge in [0, 0.05) is 41.7 Å². The molecule has 1 aromatic carbocycles. The molecule has 0 bridgehead atoms. The molecule has 4 nitrogen and oxygen atoms in total. The topological polar surface area (TPSA) is 41.9 Å². The Morgan fingerprint density at radius 2 is 1.88 bits per heavy atom. The second-order valence-corrected chi connectivity index (χ2v) is 7.56. The van der Waals surface area contributed by atoms with Gasteiger partial charge in [0.15, 0.2) is 5.82 Å². The number of benzene rings is 1. The molecule has 128 valence electrons. The molecule has 4 rings (SSSR count). The molecule has 1 saturated heterocycles. The highest BCUT2D eigenvalue weighted by atomic mass is 32.2. The van der Waals surface area contributed by atoms with E-state index in [1.165, 1.54) is 19.3 Å². The van der Waals surface area contributed by atoms with Gasteiger partial charge in [-0.05, 0) is 43.4 Å². The van der Waals surface area contributed by atoms with Gasteiger partial charge in [0.25, 0.3) is 0 Å². The number of para-hydroxylation sites is 1. The van der Waals surface area contributed by atoms with Gasteiger partial charge in [-0.15, -0.1) is 0 Å². The average molecular weight is 350 g/mol. The van der Waals surface area contributed by atoms with Gasteiger partial charge in [-0.2, -0.15) is 11.8 Å². The Balaban J connectivity index is 1.83. The first-order chi connectivity index (χ1) is 12.3. The highest BCUT2D eigenvalue weighted by Crippen LogP contribution is 2.30. The molecule has 0 spiro atoms. The summed E-state index contributed by atoms with van der Waals surface area (Å²) in [6.07, 6.45) is 9.61. The van der Waals surface area contributed by atoms with E-state index in [0.29, 0.717) is 5.25 Å². The molecule has 0 N–H and O–H groups in total. The summed E-state index contributed by atoms with van der Waals surface area (Å²) in [7, 11) is 0. The molecule has 1 fully saturated rings. The molecule has 1 aliphatic rings. The SMILES string of the molecule is CSC1CCCCN(c2nc(-c3ccncc3)nc3ccccc23)C1. The van der Waals surface area contributed by atoms with Crippen molar-refractivity contribution in [1.82, 2.24) is 15.0 Å². The minimum Gasteiger partial charge on any atom is -0.355 e. The fraction of sp³-hybridized carbons (Fsp3) is 0.350. The fourth-order valence-corrected chi connectivity index (χ4v) is 4.15. The number of aromatic nitrogens is 3. The van der Waals surface area contributed by atoms with Crippen molar-refractivity contribution in [2.45, 2.75) is 24.5 Å². The van der Waals surface area contributed by atoms with E-state index in [1.54, 1.807) is 12.4 Å². The van der Waals surface area contributed by atoms with Gasteiger partial charge in [-0.1, -0.05) is 18.6 Å². The Morgan fingerprint density at radius 1 is 1.04 bits per heavy atom. The number of hydrogen-bond acceptors (Lipinski definition) is 5. The van der Waals surface area contributed by atoms with Gasteiger partial charge in [0.2, 0.25) is 0 Å². The molecule has 1 aliphatic heterocycles. The third kappa shape index (κ3) is 3.47. The number of anilines is 1. The Hall–Kier alpha value is -2.14. The summed E-state index contributed by atoms with van der Waals surface area (Å²) in [5.74, 6) is 1.85. The maximum atomic E-state index is 4.98. The summed E-state index contributed by atoms with van der Waals surface area (Å²) >= 11 is 1.97. The summed E-state index contributed by atoms with van der Waals surface area (Å²) in [6, 6.07) is 12.3. The van der Waals surface area contributed by atoms with Crippen LogP contribution in [0, 0.1) is 0 Å². The zero-order valence-electron chi connectivity index (χ0n) is 14.4. The minimum atomic E-state index is 0.667. The lowest BCUT2D eigenvalue weighted by atomic mass is 10.2. The van der Waals surface area contributed by atoms with Crippen molar-refractivity contribution in [3.63, 3.8) is 0 Å². The van der Waals surface area contributed by atoms with E-state index >= 15 is 0 Å². The highest BCUT2D eigenvalue weighted by molar-refractivity contribution is 7.99. The summed E-state index contributed by atoms with van der Waals surface area (Å²) in [5.41, 5.74) is 2.02. The molecule has 3 heterocycles. The molecule has 0 amide bonds. The number of nitrogens with zero attached hydrogens (tertiary/aromatic N) is 4. The van der Waals surface area contributed by atoms with Gasteiger partial charge >= 0.3 is 0 Å². The highest BCUT2D eigenvalue weighted by Gasteiger charge is 2.21. The summed E-state index contributed by atoms with van der Waals surface area (Å²) in [5, 5.41) is 1.81. The molecule has 0 saturated carbocycles. The number of hydrogen-bond donors (Lipinski definition) is 0. The van der Waals surface area contributed by atoms with Crippen LogP contribution in [0.3, 0.4) is 0 Å². The first-order valence-electron chi connectivity index (χ1n) is 8.80. The monoisotopic (exact) mass is 350 g/mol. The fourth-order valence-electron chi connectivity index (χ4n) is 3.42. The van der Waals surface area contributed by atoms with Crippen molar-refractivity contribution in [3.05, 3.63) is 48.8 Å². The van der Waals surface area contributed by atoms with Gasteiger partial charge in [-0.25, -0.2) is 9.97 Å². The molecule has 5 heteroatoms. The van der Waals surface area contributed by atoms with Crippen molar-refractivity contribution in [2.24, 2.45) is 0 Å². The quantitative estimate of drug-likeness (QED) is 0.700. The lowest BCUT2D eigenvalue weighted by molar-refractivity contribution is 0.736. The normalized spacial score (nSPS) is 18.3. The molecule has 0 radical (unpaired) electrons. The molecule has 1 atom stereocenters. The molecular formula is C20H22N4S. The van der Waals surface area contributed by atoms with Crippen LogP contribution in [-0.2, 0) is 0 Å². The van der Waals surface area contributed by atoms with Crippen molar-refractivity contribution in [3.8, 4) is 11.4 Å². The Bertz CT molecular complexity index is 853. The first-order valence-corrected chi connectivity index (χ1v) is 10.1. The van der Waals surface area contributed by atoms with E-state index < -0.39 is 0 Å². The molecule has 0 aliphatic carbocycles. The van der Waals surface area contributed by atoms with Crippen LogP contribution in [0.4, 0.5) is 5.82 Å². The predicted molar refractivity (Wildman–Crippen MR) is 106 cm³/mol. The Morgan fingerprint density at radius 3 is 2.72 bits per heavy atom. The first kappa shape index (κ1) is 16.3. The van der Waals surface area contributed by atoms with Crippen LogP contribution in [0.25, 0.3) is 22.3 Å². The van der Waals surface area contributed by atoms with Crippen LogP contribution >= 0.6 is 11.8 Å². The molecule has 3 aromatic rings. The van der Waals surface area contributed by atoms with Crippen molar-refractivity contribution in [1.29, 1.82) is 0 Å². The maximum absolute atomic E-state index is 4.98. The van der Waals surface area contributed by atoms with Crippen LogP contribution in [0.2, 0.25) is 0 Å². The van der Waals surface area contributed by atoms with Crippen molar-refractivity contribution >= 4 is 28.5 Å². The third-order valence-corrected chi connectivity index (χ3v) is 5.83. The van der Waals surface area contributed by atoms with E-state index in [0.717, 1.165) is 41.2 Å². The average Bonchev–Trinajstić information content (AvgIpc) is 2.93. The van der Waals surface area contributed by atoms with Crippen LogP contribution in [0.5, 0.6) is 0 Å². The van der Waals surface area contributed by atoms with E-state index in [4.69, 9.17) is 9.97 Å². The molecule has 25 heavy (non-hydrogen) atoms. The van der Waals surface area contributed by atoms with Crippen LogP contribution in [-0.4, -0.2) is 39.5 Å². The number of fused-ring (bicyclic) bond motifs is 1. The lowest BCUT2D eigenvalue weighted by Crippen LogP contribution is -2.30. The third-order valence-electron chi connectivity index (χ3n) is 4.78. The minimum absolute atomic E-state index is 0.667. The second kappa shape index (κ2) is 7.40. The number of rotatable bonds is 3. The van der Waals surface area contributed by atoms with Gasteiger partial charge in [-0.3, -0.25) is 4.98 Å². The number of pyridine rings is 1. The van der Waals surface area contributed by atoms with E-state index in [-0.39, 0.29) is 0 Å². The molecule has 2 aromatic heterocycles. The van der Waals surface area contributed by atoms with Gasteiger partial charge in [0.1, 0.15) is 5.82 Å². The standard InChI is InChI=1S/C20H22N4S/c1-25-16-6-4-5-13-24(14-16)20-17-7-2-3-8-18(17)22-19(23-20)15-9-11-21-12-10-15/h2-3,7-12,16H,4-6,13-14H2,1H3. The smallest absolute Gasteiger partial charge is 0.162 e. The maximum Gasteiger partial charge on any atom is 0.162 e. The Labute approximate surface area is 152 Å². The summed E-state index contributed by atoms with van der Waals surface area (Å²) < 4.78 is 0. The van der Waals surface area contributed by atoms with Gasteiger partial charge < -0.3 is 4.90 Å². The van der Waals surface area contributed by atoms with E-state index in [1.807, 2.05) is 30.0 Å². The number of thioether (sulfide) groups is 1. The Kier molecular flexibility index (Phi) is 4.83. The van der Waals surface area contributed by atoms with Crippen LogP contribution in [0.1, 0.15) is 19.3 Å². The van der Waals surface area contributed by atoms with Crippen LogP contribution in [0.15, 0.2) is 48.8 Å². The molecular weight excluding hydrogens is 328 g/mol.